The van der Waals surface area contributed by atoms with Crippen LogP contribution in [0.3, 0.4) is 0 Å². The van der Waals surface area contributed by atoms with Crippen LogP contribution in [0, 0.1) is 10.8 Å². The highest BCUT2D eigenvalue weighted by Crippen LogP contribution is 2.25. The van der Waals surface area contributed by atoms with Gasteiger partial charge >= 0.3 is 0 Å². The molecule has 2 aromatic heterocycles. The maximum atomic E-state index is 12.3. The highest BCUT2D eigenvalue weighted by atomic mass is 16.2. The van der Waals surface area contributed by atoms with Crippen LogP contribution in [0.25, 0.3) is 11.2 Å². The molecule has 0 saturated carbocycles. The molecule has 0 radical (unpaired) electrons. The lowest BCUT2D eigenvalue weighted by molar-refractivity contribution is -0.123. The standard InChI is InChI=1S/C15H24N8O2/c1-14(2,3)10(24)18-8-7-9(19-12(16)23(7)17)21-13(20-8)22-11(25)15(4,5)6/h17H2,1-6H3,(H4,16,18,19,20,21,22,24,25). The van der Waals surface area contributed by atoms with Crippen molar-refractivity contribution in [2.45, 2.75) is 41.5 Å². The van der Waals surface area contributed by atoms with Crippen molar-refractivity contribution in [3.05, 3.63) is 0 Å². The number of carbonyl (C=O) groups excluding carboxylic acids is 2. The van der Waals surface area contributed by atoms with Crippen LogP contribution in [-0.2, 0) is 9.59 Å². The molecule has 6 N–H and O–H groups in total. The van der Waals surface area contributed by atoms with E-state index < -0.39 is 10.8 Å². The summed E-state index contributed by atoms with van der Waals surface area (Å²) < 4.78 is 1.09. The van der Waals surface area contributed by atoms with Crippen molar-refractivity contribution in [2.24, 2.45) is 10.8 Å². The Kier molecular flexibility index (Phi) is 4.32. The van der Waals surface area contributed by atoms with Crippen molar-refractivity contribution in [3.63, 3.8) is 0 Å². The van der Waals surface area contributed by atoms with Crippen molar-refractivity contribution < 1.29 is 9.59 Å². The van der Waals surface area contributed by atoms with Gasteiger partial charge in [0.1, 0.15) is 0 Å². The van der Waals surface area contributed by atoms with E-state index in [2.05, 4.69) is 25.6 Å². The van der Waals surface area contributed by atoms with Gasteiger partial charge in [-0.25, -0.2) is 4.68 Å². The van der Waals surface area contributed by atoms with Crippen LogP contribution in [0.1, 0.15) is 41.5 Å². The number of amides is 2. The van der Waals surface area contributed by atoms with Gasteiger partial charge in [-0.15, -0.1) is 0 Å². The molecule has 0 saturated heterocycles. The molecule has 10 nitrogen and oxygen atoms in total. The summed E-state index contributed by atoms with van der Waals surface area (Å²) in [7, 11) is 0. The predicted molar refractivity (Wildman–Crippen MR) is 96.1 cm³/mol. The summed E-state index contributed by atoms with van der Waals surface area (Å²) in [6.07, 6.45) is 0. The van der Waals surface area contributed by atoms with Crippen molar-refractivity contribution in [1.82, 2.24) is 19.6 Å². The fourth-order valence-electron chi connectivity index (χ4n) is 1.75. The van der Waals surface area contributed by atoms with Gasteiger partial charge in [-0.1, -0.05) is 41.5 Å². The predicted octanol–water partition coefficient (Wildman–Crippen LogP) is 1.09. The Bertz CT molecular complexity index is 842. The molecule has 0 fully saturated rings. The van der Waals surface area contributed by atoms with Crippen LogP contribution in [0.15, 0.2) is 0 Å². The van der Waals surface area contributed by atoms with Gasteiger partial charge in [-0.3, -0.25) is 14.9 Å². The zero-order chi connectivity index (χ0) is 19.2. The van der Waals surface area contributed by atoms with Crippen LogP contribution >= 0.6 is 0 Å². The quantitative estimate of drug-likeness (QED) is 0.592. The second-order valence-electron chi connectivity index (χ2n) is 7.82. The molecule has 0 bridgehead atoms. The number of nitrogens with zero attached hydrogens (tertiary/aromatic N) is 4. The Morgan fingerprint density at radius 2 is 1.44 bits per heavy atom. The molecule has 25 heavy (non-hydrogen) atoms. The zero-order valence-corrected chi connectivity index (χ0v) is 15.3. The second kappa shape index (κ2) is 5.87. The molecule has 2 aromatic rings. The van der Waals surface area contributed by atoms with Crippen molar-refractivity contribution in [3.8, 4) is 0 Å². The largest absolute Gasteiger partial charge is 0.368 e. The minimum absolute atomic E-state index is 0.00901. The van der Waals surface area contributed by atoms with E-state index in [1.165, 1.54) is 0 Å². The number of hydrogen-bond acceptors (Lipinski definition) is 7. The molecule has 0 aliphatic heterocycles. The second-order valence-corrected chi connectivity index (χ2v) is 7.82. The van der Waals surface area contributed by atoms with E-state index in [9.17, 15) is 9.59 Å². The molecule has 0 unspecified atom stereocenters. The molecule has 2 heterocycles. The summed E-state index contributed by atoms with van der Waals surface area (Å²) in [6.45, 7) is 10.6. The van der Waals surface area contributed by atoms with Gasteiger partial charge < -0.3 is 16.9 Å². The van der Waals surface area contributed by atoms with Crippen LogP contribution < -0.4 is 22.2 Å². The Balaban J connectivity index is 2.53. The minimum Gasteiger partial charge on any atom is -0.368 e. The maximum Gasteiger partial charge on any atom is 0.233 e. The minimum atomic E-state index is -0.656. The van der Waals surface area contributed by atoms with Crippen LogP contribution in [0.2, 0.25) is 0 Å². The number of carbonyl (C=O) groups is 2. The Morgan fingerprint density at radius 1 is 0.920 bits per heavy atom. The topological polar surface area (TPSA) is 154 Å². The zero-order valence-electron chi connectivity index (χ0n) is 15.3. The first-order valence-corrected chi connectivity index (χ1v) is 7.74. The van der Waals surface area contributed by atoms with E-state index >= 15 is 0 Å². The first-order valence-electron chi connectivity index (χ1n) is 7.74. The summed E-state index contributed by atoms with van der Waals surface area (Å²) in [4.78, 5) is 36.9. The third-order valence-electron chi connectivity index (χ3n) is 3.39. The monoisotopic (exact) mass is 348 g/mol. The SMILES string of the molecule is CC(C)(C)C(=O)Nc1nc(NC(=O)C(C)(C)C)c2c(n1)nc(N)n2N. The molecule has 136 valence electrons. The van der Waals surface area contributed by atoms with E-state index in [0.29, 0.717) is 0 Å². The average molecular weight is 348 g/mol. The smallest absolute Gasteiger partial charge is 0.233 e. The number of nitrogens with two attached hydrogens (primary N) is 2. The third-order valence-corrected chi connectivity index (χ3v) is 3.39. The van der Waals surface area contributed by atoms with E-state index in [4.69, 9.17) is 11.6 Å². The highest BCUT2D eigenvalue weighted by Gasteiger charge is 2.26. The van der Waals surface area contributed by atoms with Crippen LogP contribution in [-0.4, -0.2) is 31.4 Å². The van der Waals surface area contributed by atoms with Gasteiger partial charge in [0.15, 0.2) is 17.0 Å². The Labute approximate surface area is 145 Å². The third kappa shape index (κ3) is 3.78. The van der Waals surface area contributed by atoms with Gasteiger partial charge in [0.2, 0.25) is 23.7 Å². The fraction of sp³-hybridized carbons (Fsp3) is 0.533. The molecule has 0 aliphatic carbocycles. The number of imidazole rings is 1. The van der Waals surface area contributed by atoms with Crippen molar-refractivity contribution in [1.29, 1.82) is 0 Å². The number of nitrogen functional groups attached to an aromatic ring is 2. The lowest BCUT2D eigenvalue weighted by atomic mass is 9.96. The van der Waals surface area contributed by atoms with Gasteiger partial charge in [0, 0.05) is 10.8 Å². The lowest BCUT2D eigenvalue weighted by Gasteiger charge is -2.19. The Morgan fingerprint density at radius 3 is 1.96 bits per heavy atom. The van der Waals surface area contributed by atoms with Gasteiger partial charge in [0.25, 0.3) is 0 Å². The summed E-state index contributed by atoms with van der Waals surface area (Å²) in [5, 5.41) is 5.31. The van der Waals surface area contributed by atoms with E-state index in [1.807, 2.05) is 0 Å². The molecule has 0 atom stereocenters. The molecule has 2 amide bonds. The number of aromatic nitrogens is 4. The Hall–Kier alpha value is -2.91. The van der Waals surface area contributed by atoms with E-state index in [1.54, 1.807) is 41.5 Å². The van der Waals surface area contributed by atoms with E-state index in [0.717, 1.165) is 4.68 Å². The van der Waals surface area contributed by atoms with Gasteiger partial charge in [0.05, 0.1) is 0 Å². The first-order chi connectivity index (χ1) is 11.3. The molecule has 0 aliphatic rings. The van der Waals surface area contributed by atoms with Crippen LogP contribution in [0.4, 0.5) is 17.7 Å². The molecule has 2 rings (SSSR count). The molecular formula is C15H24N8O2. The normalized spacial score (nSPS) is 12.2. The number of hydrogen-bond donors (Lipinski definition) is 4. The van der Waals surface area contributed by atoms with Crippen LogP contribution in [0.5, 0.6) is 0 Å². The summed E-state index contributed by atoms with van der Waals surface area (Å²) in [6, 6.07) is 0. The molecule has 10 heteroatoms. The van der Waals surface area contributed by atoms with Crippen molar-refractivity contribution in [2.75, 3.05) is 22.2 Å². The lowest BCUT2D eigenvalue weighted by Crippen LogP contribution is -2.30. The number of rotatable bonds is 2. The molecular weight excluding hydrogens is 324 g/mol. The molecule has 0 aromatic carbocycles. The van der Waals surface area contributed by atoms with Crippen molar-refractivity contribution >= 4 is 40.7 Å². The summed E-state index contributed by atoms with van der Waals surface area (Å²) >= 11 is 0. The number of nitrogens with one attached hydrogen (secondary N) is 2. The van der Waals surface area contributed by atoms with Gasteiger partial charge in [-0.05, 0) is 0 Å². The van der Waals surface area contributed by atoms with E-state index in [-0.39, 0.29) is 40.7 Å². The molecule has 0 spiro atoms. The summed E-state index contributed by atoms with van der Waals surface area (Å²) in [5.41, 5.74) is 4.86. The first kappa shape index (κ1) is 18.4. The highest BCUT2D eigenvalue weighted by molar-refractivity contribution is 6.01. The maximum absolute atomic E-state index is 12.3. The van der Waals surface area contributed by atoms with Gasteiger partial charge in [-0.2, -0.15) is 15.0 Å². The number of fused-ring (bicyclic) bond motifs is 1. The fourth-order valence-corrected chi connectivity index (χ4v) is 1.75. The number of anilines is 3. The average Bonchev–Trinajstić information content (AvgIpc) is 2.72. The summed E-state index contributed by atoms with van der Waals surface area (Å²) in [5.74, 6) is 5.44.